The summed E-state index contributed by atoms with van der Waals surface area (Å²) in [6, 6.07) is 9.58. The number of carbonyl (C=O) groups excluding carboxylic acids is 1. The van der Waals surface area contributed by atoms with Crippen molar-refractivity contribution < 1.29 is 4.79 Å². The van der Waals surface area contributed by atoms with E-state index in [-0.39, 0.29) is 18.0 Å². The second-order valence-electron chi connectivity index (χ2n) is 7.65. The number of rotatable bonds is 4. The van der Waals surface area contributed by atoms with Crippen LogP contribution in [0.2, 0.25) is 0 Å². The van der Waals surface area contributed by atoms with E-state index in [1.807, 2.05) is 43.5 Å². The molecule has 0 spiro atoms. The van der Waals surface area contributed by atoms with Crippen molar-refractivity contribution in [1.29, 1.82) is 0 Å². The van der Waals surface area contributed by atoms with Gasteiger partial charge in [0.25, 0.3) is 5.91 Å². The summed E-state index contributed by atoms with van der Waals surface area (Å²) in [5.74, 6) is -0.0791. The Hall–Kier alpha value is -3.12. The van der Waals surface area contributed by atoms with Crippen LogP contribution in [0.3, 0.4) is 0 Å². The number of carbonyl (C=O) groups is 1. The number of nitrogens with zero attached hydrogens (tertiary/aromatic N) is 3. The van der Waals surface area contributed by atoms with Crippen LogP contribution < -0.4 is 11.1 Å². The van der Waals surface area contributed by atoms with Crippen molar-refractivity contribution in [2.24, 2.45) is 5.73 Å². The van der Waals surface area contributed by atoms with E-state index in [9.17, 15) is 4.79 Å². The van der Waals surface area contributed by atoms with Gasteiger partial charge in [0.15, 0.2) is 0 Å². The summed E-state index contributed by atoms with van der Waals surface area (Å²) in [7, 11) is 0. The monoisotopic (exact) mass is 387 g/mol. The number of nitrogens with one attached hydrogen (secondary N) is 1. The maximum Gasteiger partial charge on any atom is 0.251 e. The molecular weight excluding hydrogens is 362 g/mol. The van der Waals surface area contributed by atoms with E-state index in [1.165, 1.54) is 0 Å². The van der Waals surface area contributed by atoms with Crippen molar-refractivity contribution in [3.05, 3.63) is 66.2 Å². The first-order valence-corrected chi connectivity index (χ1v) is 10.0. The van der Waals surface area contributed by atoms with E-state index >= 15 is 0 Å². The molecule has 6 nitrogen and oxygen atoms in total. The van der Waals surface area contributed by atoms with Crippen molar-refractivity contribution in [2.75, 3.05) is 0 Å². The van der Waals surface area contributed by atoms with Crippen LogP contribution in [0.25, 0.3) is 22.5 Å². The molecule has 1 aliphatic carbocycles. The van der Waals surface area contributed by atoms with Gasteiger partial charge >= 0.3 is 0 Å². The lowest BCUT2D eigenvalue weighted by Crippen LogP contribution is -2.49. The Balaban J connectivity index is 1.50. The van der Waals surface area contributed by atoms with Crippen LogP contribution in [-0.4, -0.2) is 32.9 Å². The second kappa shape index (κ2) is 8.49. The van der Waals surface area contributed by atoms with Gasteiger partial charge in [-0.05, 0) is 43.5 Å². The molecule has 3 N–H and O–H groups in total. The first-order chi connectivity index (χ1) is 14.1. The van der Waals surface area contributed by atoms with Gasteiger partial charge in [0.2, 0.25) is 0 Å². The zero-order valence-electron chi connectivity index (χ0n) is 16.5. The summed E-state index contributed by atoms with van der Waals surface area (Å²) in [5, 5.41) is 3.08. The number of aryl methyl sites for hydroxylation is 1. The number of nitrogens with two attached hydrogens (primary N) is 1. The molecule has 1 saturated carbocycles. The smallest absolute Gasteiger partial charge is 0.251 e. The Morgan fingerprint density at radius 2 is 1.66 bits per heavy atom. The Labute approximate surface area is 170 Å². The van der Waals surface area contributed by atoms with Crippen molar-refractivity contribution in [1.82, 2.24) is 20.3 Å². The first kappa shape index (κ1) is 19.2. The van der Waals surface area contributed by atoms with Crippen molar-refractivity contribution in [3.8, 4) is 22.5 Å². The summed E-state index contributed by atoms with van der Waals surface area (Å²) in [5.41, 5.74) is 11.2. The molecule has 2 atom stereocenters. The molecule has 0 aliphatic heterocycles. The predicted octanol–water partition coefficient (Wildman–Crippen LogP) is 3.51. The quantitative estimate of drug-likeness (QED) is 0.714. The predicted molar refractivity (Wildman–Crippen MR) is 113 cm³/mol. The van der Waals surface area contributed by atoms with Crippen molar-refractivity contribution >= 4 is 5.91 Å². The third-order valence-corrected chi connectivity index (χ3v) is 5.38. The zero-order valence-corrected chi connectivity index (χ0v) is 16.5. The fourth-order valence-electron chi connectivity index (χ4n) is 3.72. The standard InChI is InChI=1S/C23H25N5O/c1-15-10-18(12-25-11-15)22-14-26-13-21(27-22)16-6-8-17(9-7-16)23(29)28-20-5-3-2-4-19(20)24/h6-14,19-20H,2-5,24H2,1H3,(H,28,29). The number of aromatic nitrogens is 3. The molecule has 2 unspecified atom stereocenters. The van der Waals surface area contributed by atoms with Gasteiger partial charge in [0.1, 0.15) is 0 Å². The van der Waals surface area contributed by atoms with Crippen LogP contribution >= 0.6 is 0 Å². The molecule has 1 aromatic carbocycles. The van der Waals surface area contributed by atoms with E-state index in [2.05, 4.69) is 15.3 Å². The van der Waals surface area contributed by atoms with Gasteiger partial charge in [-0.2, -0.15) is 0 Å². The normalized spacial score (nSPS) is 19.0. The van der Waals surface area contributed by atoms with Gasteiger partial charge < -0.3 is 11.1 Å². The molecule has 4 rings (SSSR count). The molecule has 3 aromatic rings. The van der Waals surface area contributed by atoms with Crippen molar-refractivity contribution in [3.63, 3.8) is 0 Å². The van der Waals surface area contributed by atoms with Crippen LogP contribution in [0.1, 0.15) is 41.6 Å². The van der Waals surface area contributed by atoms with Gasteiger partial charge in [0.05, 0.1) is 23.8 Å². The van der Waals surface area contributed by atoms with E-state index in [0.29, 0.717) is 5.56 Å². The fourth-order valence-corrected chi connectivity index (χ4v) is 3.72. The number of hydrogen-bond acceptors (Lipinski definition) is 5. The maximum atomic E-state index is 12.6. The van der Waals surface area contributed by atoms with Crippen molar-refractivity contribution in [2.45, 2.75) is 44.7 Å². The highest BCUT2D eigenvalue weighted by Crippen LogP contribution is 2.22. The minimum atomic E-state index is -0.0791. The molecular formula is C23H25N5O. The molecule has 1 aliphatic rings. The van der Waals surface area contributed by atoms with Gasteiger partial charge in [-0.3, -0.25) is 14.8 Å². The summed E-state index contributed by atoms with van der Waals surface area (Å²) in [4.78, 5) is 25.8. The third kappa shape index (κ3) is 4.49. The SMILES string of the molecule is Cc1cncc(-c2cncc(-c3ccc(C(=O)NC4CCCCC4N)cc3)n2)c1. The Morgan fingerprint density at radius 3 is 2.38 bits per heavy atom. The molecule has 0 radical (unpaired) electrons. The number of amides is 1. The molecule has 6 heteroatoms. The van der Waals surface area contributed by atoms with Crippen LogP contribution in [0.5, 0.6) is 0 Å². The lowest BCUT2D eigenvalue weighted by molar-refractivity contribution is 0.0921. The molecule has 1 fully saturated rings. The van der Waals surface area contributed by atoms with E-state index in [0.717, 1.165) is 53.8 Å². The highest BCUT2D eigenvalue weighted by Gasteiger charge is 2.23. The van der Waals surface area contributed by atoms with E-state index < -0.39 is 0 Å². The largest absolute Gasteiger partial charge is 0.348 e. The molecule has 0 saturated heterocycles. The molecule has 148 valence electrons. The van der Waals surface area contributed by atoms with Crippen LogP contribution in [0.15, 0.2) is 55.1 Å². The van der Waals surface area contributed by atoms with Gasteiger partial charge in [-0.1, -0.05) is 25.0 Å². The third-order valence-electron chi connectivity index (χ3n) is 5.38. The fraction of sp³-hybridized carbons (Fsp3) is 0.304. The Morgan fingerprint density at radius 1 is 0.966 bits per heavy atom. The first-order valence-electron chi connectivity index (χ1n) is 10.0. The average molecular weight is 387 g/mol. The van der Waals surface area contributed by atoms with E-state index in [1.54, 1.807) is 18.6 Å². The van der Waals surface area contributed by atoms with Crippen LogP contribution in [0, 0.1) is 6.92 Å². The molecule has 29 heavy (non-hydrogen) atoms. The van der Waals surface area contributed by atoms with Crippen LogP contribution in [-0.2, 0) is 0 Å². The minimum Gasteiger partial charge on any atom is -0.348 e. The lowest BCUT2D eigenvalue weighted by atomic mass is 9.91. The topological polar surface area (TPSA) is 93.8 Å². The molecule has 2 aromatic heterocycles. The minimum absolute atomic E-state index is 0.0427. The second-order valence-corrected chi connectivity index (χ2v) is 7.65. The average Bonchev–Trinajstić information content (AvgIpc) is 2.75. The van der Waals surface area contributed by atoms with Gasteiger partial charge in [-0.15, -0.1) is 0 Å². The Bertz CT molecular complexity index is 1000. The summed E-state index contributed by atoms with van der Waals surface area (Å²) in [6.45, 7) is 2.00. The molecule has 2 heterocycles. The Kier molecular flexibility index (Phi) is 5.62. The molecule has 0 bridgehead atoms. The number of benzene rings is 1. The number of pyridine rings is 1. The van der Waals surface area contributed by atoms with E-state index in [4.69, 9.17) is 10.7 Å². The maximum absolute atomic E-state index is 12.6. The summed E-state index contributed by atoms with van der Waals surface area (Å²) >= 11 is 0. The molecule has 1 amide bonds. The highest BCUT2D eigenvalue weighted by molar-refractivity contribution is 5.94. The highest BCUT2D eigenvalue weighted by atomic mass is 16.1. The summed E-state index contributed by atoms with van der Waals surface area (Å²) < 4.78 is 0. The van der Waals surface area contributed by atoms with Gasteiger partial charge in [-0.25, -0.2) is 4.98 Å². The number of hydrogen-bond donors (Lipinski definition) is 2. The lowest BCUT2D eigenvalue weighted by Gasteiger charge is -2.29. The zero-order chi connectivity index (χ0) is 20.2. The van der Waals surface area contributed by atoms with Gasteiger partial charge in [0, 0.05) is 41.2 Å². The van der Waals surface area contributed by atoms with Crippen LogP contribution in [0.4, 0.5) is 0 Å². The summed E-state index contributed by atoms with van der Waals surface area (Å²) in [6.07, 6.45) is 11.2.